The van der Waals surface area contributed by atoms with Crippen LogP contribution in [-0.2, 0) is 14.9 Å². The molecule has 0 unspecified atom stereocenters. The first-order valence-corrected chi connectivity index (χ1v) is 9.83. The van der Waals surface area contributed by atoms with Gasteiger partial charge in [0.1, 0.15) is 12.4 Å². The number of nitrogens with one attached hydrogen (secondary N) is 1. The lowest BCUT2D eigenvalue weighted by Gasteiger charge is -2.36. The van der Waals surface area contributed by atoms with Crippen LogP contribution in [0.3, 0.4) is 0 Å². The quantitative estimate of drug-likeness (QED) is 0.795. The Balaban J connectivity index is 1.72. The van der Waals surface area contributed by atoms with Gasteiger partial charge >= 0.3 is 0 Å². The van der Waals surface area contributed by atoms with Gasteiger partial charge < -0.3 is 19.7 Å². The van der Waals surface area contributed by atoms with Crippen molar-refractivity contribution in [1.82, 2.24) is 4.90 Å². The topological polar surface area (TPSA) is 50.8 Å². The number of hydrogen-bond acceptors (Lipinski definition) is 4. The number of likely N-dealkylation sites (N-methyl/N-ethyl adjacent to an activating group) is 1. The molecule has 2 aromatic rings. The zero-order chi connectivity index (χ0) is 20.0. The lowest BCUT2D eigenvalue weighted by molar-refractivity contribution is -0.125. The van der Waals surface area contributed by atoms with Gasteiger partial charge in [0.25, 0.3) is 0 Å². The van der Waals surface area contributed by atoms with Gasteiger partial charge in [-0.25, -0.2) is 0 Å². The van der Waals surface area contributed by atoms with E-state index in [0.717, 1.165) is 29.1 Å². The van der Waals surface area contributed by atoms with Crippen molar-refractivity contribution in [2.75, 3.05) is 45.8 Å². The monoisotopic (exact) mass is 382 g/mol. The molecule has 28 heavy (non-hydrogen) atoms. The van der Waals surface area contributed by atoms with Crippen molar-refractivity contribution >= 4 is 11.6 Å². The Morgan fingerprint density at radius 1 is 1.14 bits per heavy atom. The number of benzene rings is 2. The van der Waals surface area contributed by atoms with Crippen molar-refractivity contribution in [2.45, 2.75) is 25.2 Å². The van der Waals surface area contributed by atoms with Crippen LogP contribution in [0, 0.1) is 6.92 Å². The van der Waals surface area contributed by atoms with E-state index in [9.17, 15) is 4.79 Å². The lowest BCUT2D eigenvalue weighted by atomic mass is 9.73. The van der Waals surface area contributed by atoms with Crippen LogP contribution >= 0.6 is 0 Å². The summed E-state index contributed by atoms with van der Waals surface area (Å²) in [7, 11) is 4.03. The molecule has 1 amide bonds. The molecule has 0 saturated carbocycles. The van der Waals surface area contributed by atoms with Crippen molar-refractivity contribution in [3.05, 3.63) is 59.7 Å². The van der Waals surface area contributed by atoms with Gasteiger partial charge in [0.05, 0.1) is 5.41 Å². The highest BCUT2D eigenvalue weighted by Crippen LogP contribution is 2.36. The molecule has 0 radical (unpaired) electrons. The van der Waals surface area contributed by atoms with Crippen molar-refractivity contribution in [1.29, 1.82) is 0 Å². The molecule has 0 spiro atoms. The standard InChI is InChI=1S/C23H30N2O3/c1-18-5-4-6-19(17-18)23(11-14-27-15-12-23)22(26)24-20-7-9-21(10-8-20)28-16-13-25(2)3/h4-10,17H,11-16H2,1-3H3,(H,24,26). The molecule has 0 atom stereocenters. The zero-order valence-corrected chi connectivity index (χ0v) is 17.0. The van der Waals surface area contributed by atoms with E-state index in [1.54, 1.807) is 0 Å². The number of amides is 1. The van der Waals surface area contributed by atoms with E-state index in [2.05, 4.69) is 35.3 Å². The number of carbonyl (C=O) groups is 1. The van der Waals surface area contributed by atoms with Gasteiger partial charge in [-0.15, -0.1) is 0 Å². The fraction of sp³-hybridized carbons (Fsp3) is 0.435. The lowest BCUT2D eigenvalue weighted by Crippen LogP contribution is -2.44. The molecule has 3 rings (SSSR count). The molecule has 1 aliphatic rings. The minimum Gasteiger partial charge on any atom is -0.492 e. The SMILES string of the molecule is Cc1cccc(C2(C(=O)Nc3ccc(OCCN(C)C)cc3)CCOCC2)c1. The summed E-state index contributed by atoms with van der Waals surface area (Å²) in [4.78, 5) is 15.4. The number of ether oxygens (including phenoxy) is 2. The molecule has 5 heteroatoms. The van der Waals surface area contributed by atoms with Gasteiger partial charge in [-0.2, -0.15) is 0 Å². The molecule has 2 aromatic carbocycles. The van der Waals surface area contributed by atoms with Crippen LogP contribution in [0.4, 0.5) is 5.69 Å². The van der Waals surface area contributed by atoms with E-state index in [1.165, 1.54) is 0 Å². The third kappa shape index (κ3) is 4.91. The van der Waals surface area contributed by atoms with Crippen LogP contribution in [0.5, 0.6) is 5.75 Å². The Hall–Kier alpha value is -2.37. The van der Waals surface area contributed by atoms with E-state index in [0.29, 0.717) is 32.7 Å². The van der Waals surface area contributed by atoms with Crippen LogP contribution in [-0.4, -0.2) is 51.3 Å². The molecule has 5 nitrogen and oxygen atoms in total. The maximum Gasteiger partial charge on any atom is 0.235 e. The second kappa shape index (κ2) is 9.22. The summed E-state index contributed by atoms with van der Waals surface area (Å²) >= 11 is 0. The molecule has 1 saturated heterocycles. The van der Waals surface area contributed by atoms with Crippen LogP contribution in [0.15, 0.2) is 48.5 Å². The van der Waals surface area contributed by atoms with Crippen LogP contribution in [0.25, 0.3) is 0 Å². The van der Waals surface area contributed by atoms with Crippen molar-refractivity contribution in [3.8, 4) is 5.75 Å². The normalized spacial score (nSPS) is 16.0. The third-order valence-electron chi connectivity index (χ3n) is 5.27. The highest BCUT2D eigenvalue weighted by molar-refractivity contribution is 5.99. The maximum atomic E-state index is 13.3. The second-order valence-corrected chi connectivity index (χ2v) is 7.69. The van der Waals surface area contributed by atoms with Crippen LogP contribution in [0.1, 0.15) is 24.0 Å². The molecule has 1 fully saturated rings. The molecular weight excluding hydrogens is 352 g/mol. The van der Waals surface area contributed by atoms with Gasteiger partial charge in [0.15, 0.2) is 0 Å². The third-order valence-corrected chi connectivity index (χ3v) is 5.27. The maximum absolute atomic E-state index is 13.3. The number of anilines is 1. The van der Waals surface area contributed by atoms with E-state index in [4.69, 9.17) is 9.47 Å². The zero-order valence-electron chi connectivity index (χ0n) is 17.0. The first-order chi connectivity index (χ1) is 13.5. The summed E-state index contributed by atoms with van der Waals surface area (Å²) in [6.07, 6.45) is 1.38. The minimum absolute atomic E-state index is 0.0303. The number of hydrogen-bond donors (Lipinski definition) is 1. The van der Waals surface area contributed by atoms with E-state index in [-0.39, 0.29) is 5.91 Å². The molecule has 1 aliphatic heterocycles. The molecule has 1 heterocycles. The number of aryl methyl sites for hydroxylation is 1. The first-order valence-electron chi connectivity index (χ1n) is 9.83. The molecule has 150 valence electrons. The first kappa shape index (κ1) is 20.4. The Morgan fingerprint density at radius 2 is 1.86 bits per heavy atom. The van der Waals surface area contributed by atoms with Crippen molar-refractivity contribution < 1.29 is 14.3 Å². The molecular formula is C23H30N2O3. The van der Waals surface area contributed by atoms with Gasteiger partial charge in [-0.1, -0.05) is 29.8 Å². The van der Waals surface area contributed by atoms with E-state index < -0.39 is 5.41 Å². The van der Waals surface area contributed by atoms with E-state index >= 15 is 0 Å². The van der Waals surface area contributed by atoms with Gasteiger partial charge in [0.2, 0.25) is 5.91 Å². The Bertz CT molecular complexity index is 781. The second-order valence-electron chi connectivity index (χ2n) is 7.69. The van der Waals surface area contributed by atoms with Gasteiger partial charge in [-0.05, 0) is 63.7 Å². The smallest absolute Gasteiger partial charge is 0.235 e. The fourth-order valence-corrected chi connectivity index (χ4v) is 3.54. The molecule has 0 aliphatic carbocycles. The number of nitrogens with zero attached hydrogens (tertiary/aromatic N) is 1. The predicted molar refractivity (Wildman–Crippen MR) is 112 cm³/mol. The average molecular weight is 383 g/mol. The summed E-state index contributed by atoms with van der Waals surface area (Å²) in [6.45, 7) is 4.75. The van der Waals surface area contributed by atoms with Crippen molar-refractivity contribution in [2.24, 2.45) is 0 Å². The highest BCUT2D eigenvalue weighted by atomic mass is 16.5. The van der Waals surface area contributed by atoms with Crippen molar-refractivity contribution in [3.63, 3.8) is 0 Å². The van der Waals surface area contributed by atoms with Crippen LogP contribution in [0.2, 0.25) is 0 Å². The Morgan fingerprint density at radius 3 is 2.50 bits per heavy atom. The molecule has 0 bridgehead atoms. The summed E-state index contributed by atoms with van der Waals surface area (Å²) in [5.74, 6) is 0.835. The summed E-state index contributed by atoms with van der Waals surface area (Å²) in [5, 5.41) is 3.11. The Kier molecular flexibility index (Phi) is 6.70. The largest absolute Gasteiger partial charge is 0.492 e. The van der Waals surface area contributed by atoms with Gasteiger partial charge in [-0.3, -0.25) is 4.79 Å². The highest BCUT2D eigenvalue weighted by Gasteiger charge is 2.41. The summed E-state index contributed by atoms with van der Waals surface area (Å²) in [5.41, 5.74) is 2.46. The molecule has 0 aromatic heterocycles. The average Bonchev–Trinajstić information content (AvgIpc) is 2.69. The van der Waals surface area contributed by atoms with E-state index in [1.807, 2.05) is 44.4 Å². The van der Waals surface area contributed by atoms with Crippen LogP contribution < -0.4 is 10.1 Å². The minimum atomic E-state index is -0.550. The fourth-order valence-electron chi connectivity index (χ4n) is 3.54. The number of carbonyl (C=O) groups excluding carboxylic acids is 1. The summed E-state index contributed by atoms with van der Waals surface area (Å²) in [6, 6.07) is 15.8. The summed E-state index contributed by atoms with van der Waals surface area (Å²) < 4.78 is 11.3. The molecule has 1 N–H and O–H groups in total. The number of rotatable bonds is 7. The van der Waals surface area contributed by atoms with Gasteiger partial charge in [0, 0.05) is 25.4 Å². The predicted octanol–water partition coefficient (Wildman–Crippen LogP) is 3.62. The Labute approximate surface area is 167 Å².